The third kappa shape index (κ3) is 4.80. The van der Waals surface area contributed by atoms with Crippen LogP contribution in [0.25, 0.3) is 0 Å². The maximum atomic E-state index is 12.4. The molecule has 0 radical (unpaired) electrons. The van der Waals surface area contributed by atoms with Crippen LogP contribution in [0.3, 0.4) is 0 Å². The summed E-state index contributed by atoms with van der Waals surface area (Å²) in [7, 11) is 1.56. The zero-order valence-electron chi connectivity index (χ0n) is 14.1. The summed E-state index contributed by atoms with van der Waals surface area (Å²) in [6, 6.07) is 8.79. The molecule has 0 unspecified atom stereocenters. The molecule has 1 aromatic carbocycles. The molecular formula is C18H21N3O4. The molecule has 0 spiro atoms. The fourth-order valence-electron chi connectivity index (χ4n) is 2.83. The Labute approximate surface area is 146 Å². The van der Waals surface area contributed by atoms with E-state index in [0.29, 0.717) is 31.5 Å². The van der Waals surface area contributed by atoms with Crippen LogP contribution >= 0.6 is 0 Å². The zero-order chi connectivity index (χ0) is 18.4. The highest BCUT2D eigenvalue weighted by atomic mass is 16.4. The molecule has 0 aliphatic carbocycles. The second kappa shape index (κ2) is 8.29. The summed E-state index contributed by atoms with van der Waals surface area (Å²) >= 11 is 0. The number of carbonyl (C=O) groups is 3. The molecule has 1 aliphatic rings. The van der Waals surface area contributed by atoms with Crippen LogP contribution in [0.1, 0.15) is 28.8 Å². The van der Waals surface area contributed by atoms with Crippen LogP contribution in [0.4, 0.5) is 0 Å². The van der Waals surface area contributed by atoms with E-state index in [4.69, 9.17) is 10.4 Å². The number of likely N-dealkylation sites (tertiary alicyclic amines) is 1. The van der Waals surface area contributed by atoms with E-state index in [9.17, 15) is 14.4 Å². The fourth-order valence-corrected chi connectivity index (χ4v) is 2.83. The fraction of sp³-hybridized carbons (Fsp3) is 0.444. The van der Waals surface area contributed by atoms with Gasteiger partial charge in [0.25, 0.3) is 5.91 Å². The number of hydrogen-bond acceptors (Lipinski definition) is 4. The Balaban J connectivity index is 1.89. The SMILES string of the molecule is CN(CC(=O)N1CCC(C(=O)O)CC1)C(=O)c1ccc(CC#N)cc1. The average molecular weight is 343 g/mol. The number of carboxylic acids is 1. The van der Waals surface area contributed by atoms with Crippen molar-refractivity contribution in [2.45, 2.75) is 19.3 Å². The molecule has 7 nitrogen and oxygen atoms in total. The maximum Gasteiger partial charge on any atom is 0.306 e. The number of piperidine rings is 1. The van der Waals surface area contributed by atoms with Crippen LogP contribution in [0, 0.1) is 17.2 Å². The standard InChI is InChI=1S/C18H21N3O4/c1-20(17(23)14-4-2-13(3-5-14)6-9-19)12-16(22)21-10-7-15(8-11-21)18(24)25/h2-5,15H,6-8,10-12H2,1H3,(H,24,25). The molecule has 1 heterocycles. The Bertz CT molecular complexity index is 685. The van der Waals surface area contributed by atoms with Crippen molar-refractivity contribution in [2.24, 2.45) is 5.92 Å². The van der Waals surface area contributed by atoms with Crippen LogP contribution in [-0.2, 0) is 16.0 Å². The van der Waals surface area contributed by atoms with Crippen molar-refractivity contribution in [3.63, 3.8) is 0 Å². The van der Waals surface area contributed by atoms with Crippen molar-refractivity contribution in [1.82, 2.24) is 9.80 Å². The van der Waals surface area contributed by atoms with Gasteiger partial charge < -0.3 is 14.9 Å². The number of benzene rings is 1. The van der Waals surface area contributed by atoms with Gasteiger partial charge in [-0.3, -0.25) is 14.4 Å². The summed E-state index contributed by atoms with van der Waals surface area (Å²) in [4.78, 5) is 38.6. The lowest BCUT2D eigenvalue weighted by atomic mass is 9.97. The molecule has 7 heteroatoms. The van der Waals surface area contributed by atoms with E-state index in [1.807, 2.05) is 6.07 Å². The summed E-state index contributed by atoms with van der Waals surface area (Å²) in [5.74, 6) is -1.66. The highest BCUT2D eigenvalue weighted by molar-refractivity contribution is 5.96. The Hall–Kier alpha value is -2.88. The molecule has 25 heavy (non-hydrogen) atoms. The van der Waals surface area contributed by atoms with E-state index in [0.717, 1.165) is 5.56 Å². The molecule has 1 saturated heterocycles. The van der Waals surface area contributed by atoms with Crippen molar-refractivity contribution >= 4 is 17.8 Å². The maximum absolute atomic E-state index is 12.4. The average Bonchev–Trinajstić information content (AvgIpc) is 2.62. The van der Waals surface area contributed by atoms with Crippen molar-refractivity contribution in [1.29, 1.82) is 5.26 Å². The van der Waals surface area contributed by atoms with E-state index in [-0.39, 0.29) is 24.8 Å². The van der Waals surface area contributed by atoms with Gasteiger partial charge in [-0.05, 0) is 30.5 Å². The van der Waals surface area contributed by atoms with Gasteiger partial charge in [0.1, 0.15) is 0 Å². The molecule has 2 rings (SSSR count). The first kappa shape index (κ1) is 18.5. The van der Waals surface area contributed by atoms with E-state index < -0.39 is 11.9 Å². The van der Waals surface area contributed by atoms with Gasteiger partial charge >= 0.3 is 5.97 Å². The van der Waals surface area contributed by atoms with Crippen molar-refractivity contribution < 1.29 is 19.5 Å². The normalized spacial score (nSPS) is 14.6. The first-order valence-corrected chi connectivity index (χ1v) is 8.14. The van der Waals surface area contributed by atoms with Crippen LogP contribution in [0.15, 0.2) is 24.3 Å². The molecule has 1 aliphatic heterocycles. The minimum absolute atomic E-state index is 0.0451. The Morgan fingerprint density at radius 3 is 2.36 bits per heavy atom. The largest absolute Gasteiger partial charge is 0.481 e. The summed E-state index contributed by atoms with van der Waals surface area (Å²) in [5, 5.41) is 17.6. The minimum Gasteiger partial charge on any atom is -0.481 e. The first-order chi connectivity index (χ1) is 11.9. The van der Waals surface area contributed by atoms with E-state index >= 15 is 0 Å². The molecule has 0 bridgehead atoms. The van der Waals surface area contributed by atoms with E-state index in [2.05, 4.69) is 0 Å². The first-order valence-electron chi connectivity index (χ1n) is 8.14. The molecular weight excluding hydrogens is 322 g/mol. The third-order valence-electron chi connectivity index (χ3n) is 4.40. The lowest BCUT2D eigenvalue weighted by Crippen LogP contribution is -2.45. The van der Waals surface area contributed by atoms with Gasteiger partial charge in [-0.15, -0.1) is 0 Å². The monoisotopic (exact) mass is 343 g/mol. The summed E-state index contributed by atoms with van der Waals surface area (Å²) in [5.41, 5.74) is 1.29. The Kier molecular flexibility index (Phi) is 6.12. The molecule has 1 aromatic rings. The highest BCUT2D eigenvalue weighted by Gasteiger charge is 2.28. The quantitative estimate of drug-likeness (QED) is 0.864. The van der Waals surface area contributed by atoms with Crippen LogP contribution in [-0.4, -0.2) is 59.4 Å². The lowest BCUT2D eigenvalue weighted by molar-refractivity contribution is -0.145. The van der Waals surface area contributed by atoms with Gasteiger partial charge in [0.05, 0.1) is 25.0 Å². The van der Waals surface area contributed by atoms with Crippen LogP contribution in [0.5, 0.6) is 0 Å². The van der Waals surface area contributed by atoms with Gasteiger partial charge in [0, 0.05) is 25.7 Å². The second-order valence-corrected chi connectivity index (χ2v) is 6.19. The predicted molar refractivity (Wildman–Crippen MR) is 89.7 cm³/mol. The van der Waals surface area contributed by atoms with Gasteiger partial charge in [-0.2, -0.15) is 5.26 Å². The van der Waals surface area contributed by atoms with E-state index in [1.165, 1.54) is 4.90 Å². The van der Waals surface area contributed by atoms with Gasteiger partial charge in [0.15, 0.2) is 0 Å². The number of nitriles is 1. The molecule has 1 N–H and O–H groups in total. The van der Waals surface area contributed by atoms with Gasteiger partial charge in [0.2, 0.25) is 5.91 Å². The smallest absolute Gasteiger partial charge is 0.306 e. The molecule has 0 atom stereocenters. The summed E-state index contributed by atoms with van der Waals surface area (Å²) < 4.78 is 0. The van der Waals surface area contributed by atoms with Crippen molar-refractivity contribution in [3.8, 4) is 6.07 Å². The Morgan fingerprint density at radius 1 is 1.24 bits per heavy atom. The number of rotatable bonds is 5. The predicted octanol–water partition coefficient (Wildman–Crippen LogP) is 1.15. The highest BCUT2D eigenvalue weighted by Crippen LogP contribution is 2.17. The summed E-state index contributed by atoms with van der Waals surface area (Å²) in [6.07, 6.45) is 1.17. The van der Waals surface area contributed by atoms with Crippen molar-refractivity contribution in [2.75, 3.05) is 26.7 Å². The number of carboxylic acid groups (broad SMARTS) is 1. The number of amides is 2. The number of carbonyl (C=O) groups excluding carboxylic acids is 2. The van der Waals surface area contributed by atoms with Gasteiger partial charge in [-0.25, -0.2) is 0 Å². The third-order valence-corrected chi connectivity index (χ3v) is 4.40. The van der Waals surface area contributed by atoms with Crippen LogP contribution < -0.4 is 0 Å². The van der Waals surface area contributed by atoms with Gasteiger partial charge in [-0.1, -0.05) is 12.1 Å². The zero-order valence-corrected chi connectivity index (χ0v) is 14.1. The lowest BCUT2D eigenvalue weighted by Gasteiger charge is -2.31. The van der Waals surface area contributed by atoms with Crippen LogP contribution in [0.2, 0.25) is 0 Å². The van der Waals surface area contributed by atoms with E-state index in [1.54, 1.807) is 36.2 Å². The number of nitrogens with zero attached hydrogens (tertiary/aromatic N) is 3. The molecule has 132 valence electrons. The Morgan fingerprint density at radius 2 is 1.84 bits per heavy atom. The molecule has 0 aromatic heterocycles. The topological polar surface area (TPSA) is 102 Å². The number of hydrogen-bond donors (Lipinski definition) is 1. The number of aliphatic carboxylic acids is 1. The van der Waals surface area contributed by atoms with Crippen molar-refractivity contribution in [3.05, 3.63) is 35.4 Å². The molecule has 1 fully saturated rings. The second-order valence-electron chi connectivity index (χ2n) is 6.19. The molecule has 0 saturated carbocycles. The minimum atomic E-state index is -0.820. The molecule has 2 amide bonds. The number of likely N-dealkylation sites (N-methyl/N-ethyl adjacent to an activating group) is 1. The summed E-state index contributed by atoms with van der Waals surface area (Å²) in [6.45, 7) is 0.762.